The van der Waals surface area contributed by atoms with E-state index >= 15 is 0 Å². The first kappa shape index (κ1) is 26.6. The third-order valence-electron chi connectivity index (χ3n) is 5.62. The number of hydrogen-bond donors (Lipinski definition) is 0. The predicted octanol–water partition coefficient (Wildman–Crippen LogP) is 5.62. The molecule has 2 aromatic rings. The molecule has 0 spiro atoms. The van der Waals surface area contributed by atoms with Gasteiger partial charge in [0.2, 0.25) is 0 Å². The normalized spacial score (nSPS) is 19.8. The van der Waals surface area contributed by atoms with Crippen LogP contribution in [0.2, 0.25) is 10.0 Å². The molecule has 4 rings (SSSR count). The fourth-order valence-corrected chi connectivity index (χ4v) is 7.25. The van der Waals surface area contributed by atoms with E-state index in [0.717, 1.165) is 22.3 Å². The number of alkyl halides is 1. The number of aryl methyl sites for hydroxylation is 1. The minimum absolute atomic E-state index is 0.411. The van der Waals surface area contributed by atoms with E-state index in [4.69, 9.17) is 32.7 Å². The zero-order valence-electron chi connectivity index (χ0n) is 18.4. The Labute approximate surface area is 213 Å². The van der Waals surface area contributed by atoms with Gasteiger partial charge in [0.25, 0.3) is 0 Å². The minimum Gasteiger partial charge on any atom is -0.493 e. The van der Waals surface area contributed by atoms with Crippen molar-refractivity contribution in [2.24, 2.45) is 0 Å². The fraction of sp³-hybridized carbons (Fsp3) is 0.455. The number of sulfone groups is 2. The molecule has 2 heterocycles. The summed E-state index contributed by atoms with van der Waals surface area (Å²) >= 11 is 15.4. The van der Waals surface area contributed by atoms with E-state index in [-0.39, 0.29) is 0 Å². The summed E-state index contributed by atoms with van der Waals surface area (Å²) < 4.78 is 57.7. The maximum absolute atomic E-state index is 11.7. The quantitative estimate of drug-likeness (QED) is 0.426. The van der Waals surface area contributed by atoms with E-state index in [1.165, 1.54) is 12.5 Å². The first-order chi connectivity index (χ1) is 15.3. The standard InChI is InChI=1S/C11H12BrClO3S.C11H13ClO3S/c1-17(14,15)11-2-3-16-10-5-9(13)7(6-12)4-8(10)11;1-7-5-8-10(6-9(7)12)15-4-3-11(8)16(2,13)14/h4-5,11H,2-3,6H2,1H3;5-6,11H,3-4H2,1-2H3. The molecule has 2 aromatic carbocycles. The van der Waals surface area contributed by atoms with Gasteiger partial charge >= 0.3 is 0 Å². The zero-order valence-corrected chi connectivity index (χ0v) is 23.1. The van der Waals surface area contributed by atoms with Crippen molar-refractivity contribution < 1.29 is 26.3 Å². The van der Waals surface area contributed by atoms with Gasteiger partial charge in [-0.15, -0.1) is 0 Å². The topological polar surface area (TPSA) is 86.7 Å². The van der Waals surface area contributed by atoms with Crippen LogP contribution in [0.5, 0.6) is 11.5 Å². The molecule has 0 aromatic heterocycles. The lowest BCUT2D eigenvalue weighted by atomic mass is 10.0. The molecule has 0 bridgehead atoms. The van der Waals surface area contributed by atoms with Crippen LogP contribution in [0.3, 0.4) is 0 Å². The minimum atomic E-state index is -3.12. The highest BCUT2D eigenvalue weighted by Gasteiger charge is 2.31. The van der Waals surface area contributed by atoms with Gasteiger partial charge in [-0.3, -0.25) is 0 Å². The Kier molecular flexibility index (Phi) is 8.32. The molecule has 2 aliphatic heterocycles. The van der Waals surface area contributed by atoms with Crippen LogP contribution < -0.4 is 9.47 Å². The molecule has 0 amide bonds. The van der Waals surface area contributed by atoms with Crippen molar-refractivity contribution in [1.29, 1.82) is 0 Å². The summed E-state index contributed by atoms with van der Waals surface area (Å²) in [7, 11) is -6.21. The van der Waals surface area contributed by atoms with E-state index in [1.807, 2.05) is 19.1 Å². The molecule has 11 heteroatoms. The molecule has 0 saturated carbocycles. The van der Waals surface area contributed by atoms with Crippen LogP contribution in [-0.4, -0.2) is 42.6 Å². The highest BCUT2D eigenvalue weighted by atomic mass is 79.9. The van der Waals surface area contributed by atoms with Crippen LogP contribution in [0.4, 0.5) is 0 Å². The number of benzene rings is 2. The summed E-state index contributed by atoms with van der Waals surface area (Å²) in [4.78, 5) is 0. The fourth-order valence-electron chi connectivity index (χ4n) is 3.91. The van der Waals surface area contributed by atoms with Gasteiger partial charge in [0.1, 0.15) is 11.5 Å². The van der Waals surface area contributed by atoms with Crippen molar-refractivity contribution in [1.82, 2.24) is 0 Å². The van der Waals surface area contributed by atoms with Crippen LogP contribution in [0, 0.1) is 6.92 Å². The smallest absolute Gasteiger partial charge is 0.154 e. The van der Waals surface area contributed by atoms with Gasteiger partial charge in [-0.2, -0.15) is 0 Å². The summed E-state index contributed by atoms with van der Waals surface area (Å²) in [6.07, 6.45) is 3.52. The van der Waals surface area contributed by atoms with E-state index in [0.29, 0.717) is 52.9 Å². The van der Waals surface area contributed by atoms with Crippen LogP contribution in [0.15, 0.2) is 24.3 Å². The largest absolute Gasteiger partial charge is 0.493 e. The summed E-state index contributed by atoms with van der Waals surface area (Å²) in [6, 6.07) is 7.02. The van der Waals surface area contributed by atoms with Gasteiger partial charge in [-0.25, -0.2) is 16.8 Å². The van der Waals surface area contributed by atoms with Crippen molar-refractivity contribution in [2.75, 3.05) is 25.7 Å². The average molecular weight is 600 g/mol. The van der Waals surface area contributed by atoms with Crippen molar-refractivity contribution >= 4 is 58.8 Å². The van der Waals surface area contributed by atoms with E-state index in [1.54, 1.807) is 12.1 Å². The Hall–Kier alpha value is -1.00. The van der Waals surface area contributed by atoms with Crippen LogP contribution in [-0.2, 0) is 25.0 Å². The van der Waals surface area contributed by atoms with Crippen molar-refractivity contribution in [3.63, 3.8) is 0 Å². The molecule has 33 heavy (non-hydrogen) atoms. The molecule has 6 nitrogen and oxygen atoms in total. The number of halogens is 3. The van der Waals surface area contributed by atoms with Crippen molar-refractivity contribution in [3.8, 4) is 11.5 Å². The van der Waals surface area contributed by atoms with Crippen LogP contribution in [0.25, 0.3) is 0 Å². The maximum Gasteiger partial charge on any atom is 0.154 e. The van der Waals surface area contributed by atoms with Crippen molar-refractivity contribution in [3.05, 3.63) is 56.6 Å². The van der Waals surface area contributed by atoms with Gasteiger partial charge in [0.15, 0.2) is 19.7 Å². The third kappa shape index (κ3) is 6.17. The van der Waals surface area contributed by atoms with E-state index in [9.17, 15) is 16.8 Å². The highest BCUT2D eigenvalue weighted by Crippen LogP contribution is 2.41. The molecule has 0 aliphatic carbocycles. The van der Waals surface area contributed by atoms with Crippen molar-refractivity contribution in [2.45, 2.75) is 35.6 Å². The summed E-state index contributed by atoms with van der Waals surface area (Å²) in [5, 5.41) is 0.839. The summed E-state index contributed by atoms with van der Waals surface area (Å²) in [6.45, 7) is 2.69. The van der Waals surface area contributed by atoms with Gasteiger partial charge in [-0.1, -0.05) is 39.1 Å². The molecule has 0 radical (unpaired) electrons. The summed E-state index contributed by atoms with van der Waals surface area (Å²) in [5.74, 6) is 1.18. The Morgan fingerprint density at radius 3 is 1.76 bits per heavy atom. The molecular formula is C22H25BrCl2O6S2. The molecule has 0 fully saturated rings. The van der Waals surface area contributed by atoms with E-state index < -0.39 is 30.2 Å². The SMILES string of the molecule is CS(=O)(=O)C1CCOc2cc(Cl)c(CBr)cc21.Cc1cc2c(cc1Cl)OCCC2S(C)(=O)=O. The Morgan fingerprint density at radius 1 is 0.848 bits per heavy atom. The Balaban J connectivity index is 0.000000186. The monoisotopic (exact) mass is 598 g/mol. The maximum atomic E-state index is 11.7. The molecule has 2 aliphatic rings. The van der Waals surface area contributed by atoms with Gasteiger partial charge in [0, 0.05) is 51.9 Å². The Morgan fingerprint density at radius 2 is 1.30 bits per heavy atom. The molecule has 0 N–H and O–H groups in total. The van der Waals surface area contributed by atoms with E-state index in [2.05, 4.69) is 15.9 Å². The molecule has 2 atom stereocenters. The highest BCUT2D eigenvalue weighted by molar-refractivity contribution is 9.08. The second-order valence-corrected chi connectivity index (χ2v) is 14.0. The zero-order chi connectivity index (χ0) is 24.6. The first-order valence-electron chi connectivity index (χ1n) is 10.1. The molecule has 2 unspecified atom stereocenters. The third-order valence-corrected chi connectivity index (χ3v) is 10.0. The lowest BCUT2D eigenvalue weighted by molar-refractivity contribution is 0.283. The molecule has 182 valence electrons. The lowest BCUT2D eigenvalue weighted by Gasteiger charge is -2.25. The number of hydrogen-bond acceptors (Lipinski definition) is 6. The molecule has 0 saturated heterocycles. The number of fused-ring (bicyclic) bond motifs is 2. The molecular weight excluding hydrogens is 575 g/mol. The van der Waals surface area contributed by atoms with Gasteiger partial charge < -0.3 is 9.47 Å². The lowest BCUT2D eigenvalue weighted by Crippen LogP contribution is -2.21. The first-order valence-corrected chi connectivity index (χ1v) is 15.9. The Bertz CT molecular complexity index is 1260. The second-order valence-electron chi connectivity index (χ2n) is 8.16. The predicted molar refractivity (Wildman–Crippen MR) is 136 cm³/mol. The average Bonchev–Trinajstić information content (AvgIpc) is 2.72. The number of ether oxygens (including phenoxy) is 2. The van der Waals surface area contributed by atoms with Gasteiger partial charge in [0.05, 0.1) is 23.7 Å². The number of rotatable bonds is 3. The van der Waals surface area contributed by atoms with Gasteiger partial charge in [-0.05, 0) is 42.3 Å². The second kappa shape index (κ2) is 10.3. The summed E-state index contributed by atoms with van der Waals surface area (Å²) in [5.41, 5.74) is 3.21. The van der Waals surface area contributed by atoms with Crippen LogP contribution in [0.1, 0.15) is 45.6 Å². The van der Waals surface area contributed by atoms with Crippen LogP contribution >= 0.6 is 39.1 Å².